The summed E-state index contributed by atoms with van der Waals surface area (Å²) in [7, 11) is 0. The molecule has 0 saturated heterocycles. The van der Waals surface area contributed by atoms with Crippen LogP contribution < -0.4 is 10.6 Å². The van der Waals surface area contributed by atoms with Gasteiger partial charge in [0.2, 0.25) is 0 Å². The van der Waals surface area contributed by atoms with Crippen LogP contribution in [0.15, 0.2) is 48.5 Å². The number of carbonyl (C=O) groups excluding carboxylic acids is 1. The van der Waals surface area contributed by atoms with Gasteiger partial charge in [-0.05, 0) is 18.2 Å². The second-order valence-electron chi connectivity index (χ2n) is 5.79. The Hall–Kier alpha value is -1.91. The molecule has 0 radical (unpaired) electrons. The van der Waals surface area contributed by atoms with E-state index in [1.165, 1.54) is 23.8 Å². The van der Waals surface area contributed by atoms with Gasteiger partial charge in [-0.15, -0.1) is 0 Å². The lowest BCUT2D eigenvalue weighted by Crippen LogP contribution is -2.88. The topological polar surface area (TPSA) is 45.7 Å². The first-order valence-corrected chi connectivity index (χ1v) is 7.98. The number of hydrogen-bond acceptors (Lipinski definition) is 1. The third kappa shape index (κ3) is 5.05. The fourth-order valence-electron chi connectivity index (χ4n) is 2.49. The maximum atomic E-state index is 13.0. The van der Waals surface area contributed by atoms with Gasteiger partial charge in [0.05, 0.1) is 10.7 Å². The fourth-order valence-corrected chi connectivity index (χ4v) is 2.71. The van der Waals surface area contributed by atoms with Crippen LogP contribution in [0.3, 0.4) is 0 Å². The van der Waals surface area contributed by atoms with Gasteiger partial charge in [-0.25, -0.2) is 4.39 Å². The highest BCUT2D eigenvalue weighted by Crippen LogP contribution is 2.22. The van der Waals surface area contributed by atoms with Crippen molar-refractivity contribution in [2.24, 2.45) is 5.92 Å². The van der Waals surface area contributed by atoms with Crippen LogP contribution in [-0.2, 0) is 4.79 Å². The first kappa shape index (κ1) is 17.4. The van der Waals surface area contributed by atoms with Crippen molar-refractivity contribution in [2.45, 2.75) is 19.9 Å². The summed E-state index contributed by atoms with van der Waals surface area (Å²) in [4.78, 5) is 12.1. The molecule has 23 heavy (non-hydrogen) atoms. The normalized spacial score (nSPS) is 12.2. The molecule has 0 bridgehead atoms. The summed E-state index contributed by atoms with van der Waals surface area (Å²) in [5.41, 5.74) is 1.61. The number of amides is 1. The summed E-state index contributed by atoms with van der Waals surface area (Å²) in [6.07, 6.45) is 0. The molecule has 0 aliphatic rings. The predicted molar refractivity (Wildman–Crippen MR) is 90.9 cm³/mol. The zero-order chi connectivity index (χ0) is 16.8. The van der Waals surface area contributed by atoms with Crippen molar-refractivity contribution in [1.82, 2.24) is 0 Å². The van der Waals surface area contributed by atoms with Crippen LogP contribution in [-0.4, -0.2) is 12.5 Å². The average molecular weight is 336 g/mol. The molecule has 0 fully saturated rings. The zero-order valence-electron chi connectivity index (χ0n) is 13.2. The average Bonchev–Trinajstić information content (AvgIpc) is 2.51. The van der Waals surface area contributed by atoms with Crippen molar-refractivity contribution in [3.8, 4) is 0 Å². The van der Waals surface area contributed by atoms with Crippen LogP contribution in [0.25, 0.3) is 0 Å². The quantitative estimate of drug-likeness (QED) is 0.835. The standard InChI is InChI=1S/C18H20ClFN2O/c1-12(2)18(13-6-4-3-5-7-13)21-11-17(23)22-16-9-8-14(20)10-15(16)19/h3-10,12,18,21H,11H2,1-2H3,(H,22,23)/p+1/t18-/m0/s1. The summed E-state index contributed by atoms with van der Waals surface area (Å²) >= 11 is 5.92. The van der Waals surface area contributed by atoms with Gasteiger partial charge in [0, 0.05) is 11.5 Å². The van der Waals surface area contributed by atoms with Crippen molar-refractivity contribution >= 4 is 23.2 Å². The van der Waals surface area contributed by atoms with Crippen LogP contribution in [0.1, 0.15) is 25.5 Å². The second-order valence-corrected chi connectivity index (χ2v) is 6.20. The van der Waals surface area contributed by atoms with Crippen LogP contribution >= 0.6 is 11.6 Å². The Morgan fingerprint density at radius 3 is 2.52 bits per heavy atom. The van der Waals surface area contributed by atoms with E-state index in [9.17, 15) is 9.18 Å². The largest absolute Gasteiger partial charge is 0.332 e. The number of benzene rings is 2. The SMILES string of the molecule is CC(C)[C@H]([NH2+]CC(=O)Nc1ccc(F)cc1Cl)c1ccccc1. The maximum absolute atomic E-state index is 13.0. The third-order valence-corrected chi connectivity index (χ3v) is 3.98. The summed E-state index contributed by atoms with van der Waals surface area (Å²) in [6, 6.07) is 14.2. The minimum atomic E-state index is -0.427. The van der Waals surface area contributed by atoms with Crippen LogP contribution in [0, 0.1) is 11.7 Å². The molecule has 0 unspecified atom stereocenters. The van der Waals surface area contributed by atoms with E-state index in [2.05, 4.69) is 31.3 Å². The van der Waals surface area contributed by atoms with Crippen LogP contribution in [0.4, 0.5) is 10.1 Å². The number of quaternary nitrogens is 1. The number of hydrogen-bond donors (Lipinski definition) is 2. The molecule has 0 saturated carbocycles. The smallest absolute Gasteiger partial charge is 0.279 e. The van der Waals surface area contributed by atoms with Gasteiger partial charge in [0.25, 0.3) is 5.91 Å². The van der Waals surface area contributed by atoms with Gasteiger partial charge >= 0.3 is 0 Å². The molecule has 5 heteroatoms. The molecule has 0 aliphatic carbocycles. The number of anilines is 1. The van der Waals surface area contributed by atoms with Gasteiger partial charge in [-0.3, -0.25) is 4.79 Å². The Kier molecular flexibility index (Phi) is 6.13. The molecule has 0 heterocycles. The van der Waals surface area contributed by atoms with E-state index in [1.807, 2.05) is 23.5 Å². The van der Waals surface area contributed by atoms with Gasteiger partial charge in [0.1, 0.15) is 11.9 Å². The van der Waals surface area contributed by atoms with E-state index in [1.54, 1.807) is 0 Å². The van der Waals surface area contributed by atoms with Crippen molar-refractivity contribution in [3.05, 3.63) is 64.9 Å². The van der Waals surface area contributed by atoms with Crippen molar-refractivity contribution in [3.63, 3.8) is 0 Å². The van der Waals surface area contributed by atoms with E-state index in [-0.39, 0.29) is 23.5 Å². The Morgan fingerprint density at radius 1 is 1.22 bits per heavy atom. The predicted octanol–water partition coefficient (Wildman–Crippen LogP) is 3.38. The fraction of sp³-hybridized carbons (Fsp3) is 0.278. The summed E-state index contributed by atoms with van der Waals surface area (Å²) < 4.78 is 13.0. The van der Waals surface area contributed by atoms with Gasteiger partial charge in [-0.1, -0.05) is 55.8 Å². The molecule has 1 amide bonds. The van der Waals surface area contributed by atoms with E-state index < -0.39 is 5.82 Å². The zero-order valence-corrected chi connectivity index (χ0v) is 14.0. The van der Waals surface area contributed by atoms with Gasteiger partial charge in [-0.2, -0.15) is 0 Å². The Morgan fingerprint density at radius 2 is 1.91 bits per heavy atom. The van der Waals surface area contributed by atoms with E-state index in [4.69, 9.17) is 11.6 Å². The number of nitrogens with two attached hydrogens (primary N) is 1. The molecule has 2 aromatic rings. The molecule has 1 atom stereocenters. The minimum absolute atomic E-state index is 0.167. The summed E-state index contributed by atoms with van der Waals surface area (Å²) in [5.74, 6) is -0.205. The summed E-state index contributed by atoms with van der Waals surface area (Å²) in [6.45, 7) is 4.53. The Bertz CT molecular complexity index is 661. The Labute approximate surface area is 140 Å². The molecule has 0 aromatic heterocycles. The third-order valence-electron chi connectivity index (χ3n) is 3.67. The molecule has 3 nitrogen and oxygen atoms in total. The molecular formula is C18H21ClFN2O+. The highest BCUT2D eigenvalue weighted by atomic mass is 35.5. The van der Waals surface area contributed by atoms with Gasteiger partial charge < -0.3 is 10.6 Å². The monoisotopic (exact) mass is 335 g/mol. The molecule has 3 N–H and O–H groups in total. The lowest BCUT2D eigenvalue weighted by Gasteiger charge is -2.19. The van der Waals surface area contributed by atoms with E-state index >= 15 is 0 Å². The first-order valence-electron chi connectivity index (χ1n) is 7.60. The van der Waals surface area contributed by atoms with E-state index in [0.717, 1.165) is 0 Å². The Balaban J connectivity index is 1.97. The van der Waals surface area contributed by atoms with E-state index in [0.29, 0.717) is 11.6 Å². The maximum Gasteiger partial charge on any atom is 0.279 e. The van der Waals surface area contributed by atoms with Crippen LogP contribution in [0.5, 0.6) is 0 Å². The number of rotatable bonds is 6. The molecule has 2 aromatic carbocycles. The van der Waals surface area contributed by atoms with Gasteiger partial charge in [0.15, 0.2) is 6.54 Å². The first-order chi connectivity index (χ1) is 11.0. The molecule has 122 valence electrons. The second kappa shape index (κ2) is 8.09. The lowest BCUT2D eigenvalue weighted by atomic mass is 9.96. The number of halogens is 2. The molecule has 0 spiro atoms. The van der Waals surface area contributed by atoms with Crippen molar-refractivity contribution in [2.75, 3.05) is 11.9 Å². The molecule has 2 rings (SSSR count). The van der Waals surface area contributed by atoms with Crippen molar-refractivity contribution < 1.29 is 14.5 Å². The lowest BCUT2D eigenvalue weighted by molar-refractivity contribution is -0.692. The number of carbonyl (C=O) groups is 1. The highest BCUT2D eigenvalue weighted by Gasteiger charge is 2.20. The molecule has 0 aliphatic heterocycles. The highest BCUT2D eigenvalue weighted by molar-refractivity contribution is 6.33. The minimum Gasteiger partial charge on any atom is -0.332 e. The number of nitrogens with one attached hydrogen (secondary N) is 1. The van der Waals surface area contributed by atoms with Crippen LogP contribution in [0.2, 0.25) is 5.02 Å². The van der Waals surface area contributed by atoms with Crippen molar-refractivity contribution in [1.29, 1.82) is 0 Å². The summed E-state index contributed by atoms with van der Waals surface area (Å²) in [5, 5.41) is 4.92. The molecular weight excluding hydrogens is 315 g/mol.